The van der Waals surface area contributed by atoms with Crippen LogP contribution >= 0.6 is 0 Å². The van der Waals surface area contributed by atoms with Crippen LogP contribution in [0.25, 0.3) is 6.08 Å². The minimum atomic E-state index is 0.271. The van der Waals surface area contributed by atoms with Crippen molar-refractivity contribution in [3.8, 4) is 0 Å². The number of carbonyl (C=O) groups is 1. The van der Waals surface area contributed by atoms with Crippen molar-refractivity contribution in [3.63, 3.8) is 0 Å². The summed E-state index contributed by atoms with van der Waals surface area (Å²) in [4.78, 5) is 14.0. The predicted molar refractivity (Wildman–Crippen MR) is 79.7 cm³/mol. The van der Waals surface area contributed by atoms with Crippen LogP contribution in [0, 0.1) is 5.92 Å². The fraction of sp³-hybridized carbons (Fsp3) is 0.471. The summed E-state index contributed by atoms with van der Waals surface area (Å²) >= 11 is 0. The lowest BCUT2D eigenvalue weighted by Gasteiger charge is -2.22. The van der Waals surface area contributed by atoms with Crippen molar-refractivity contribution in [2.24, 2.45) is 5.92 Å². The Labute approximate surface area is 116 Å². The van der Waals surface area contributed by atoms with Gasteiger partial charge in [-0.3, -0.25) is 4.79 Å². The average Bonchev–Trinajstić information content (AvgIpc) is 3.22. The highest BCUT2D eigenvalue weighted by atomic mass is 16.2. The topological polar surface area (TPSA) is 20.3 Å². The molecule has 1 saturated carbocycles. The first-order valence-electron chi connectivity index (χ1n) is 7.19. The first-order valence-corrected chi connectivity index (χ1v) is 7.19. The van der Waals surface area contributed by atoms with Gasteiger partial charge in [-0.15, -0.1) is 0 Å². The summed E-state index contributed by atoms with van der Waals surface area (Å²) in [5.41, 5.74) is 2.45. The van der Waals surface area contributed by atoms with Crippen molar-refractivity contribution in [3.05, 3.63) is 41.5 Å². The molecule has 0 aliphatic heterocycles. The number of nitrogens with zero attached hydrogens (tertiary/aromatic N) is 1. The SMILES string of the molecule is CCC(=O)N(C/C(C)=C/c1ccccc1)CC1CC1. The van der Waals surface area contributed by atoms with Gasteiger partial charge in [-0.25, -0.2) is 0 Å². The number of hydrogen-bond donors (Lipinski definition) is 0. The largest absolute Gasteiger partial charge is 0.338 e. The van der Waals surface area contributed by atoms with Crippen molar-refractivity contribution in [2.45, 2.75) is 33.1 Å². The van der Waals surface area contributed by atoms with Gasteiger partial charge in [-0.2, -0.15) is 0 Å². The molecule has 0 bridgehead atoms. The lowest BCUT2D eigenvalue weighted by Crippen LogP contribution is -2.33. The third-order valence-electron chi connectivity index (χ3n) is 3.48. The molecule has 1 aliphatic carbocycles. The van der Waals surface area contributed by atoms with Gasteiger partial charge in [0.05, 0.1) is 0 Å². The van der Waals surface area contributed by atoms with Gasteiger partial charge in [-0.05, 0) is 31.2 Å². The number of benzene rings is 1. The predicted octanol–water partition coefficient (Wildman–Crippen LogP) is 3.74. The molecule has 1 aromatic carbocycles. The Morgan fingerprint density at radius 3 is 2.58 bits per heavy atom. The molecule has 2 heteroatoms. The Morgan fingerprint density at radius 2 is 2.00 bits per heavy atom. The lowest BCUT2D eigenvalue weighted by atomic mass is 10.1. The Hall–Kier alpha value is -1.57. The Kier molecular flexibility index (Phi) is 4.78. The maximum Gasteiger partial charge on any atom is 0.222 e. The second kappa shape index (κ2) is 6.55. The second-order valence-electron chi connectivity index (χ2n) is 5.47. The zero-order valence-corrected chi connectivity index (χ0v) is 11.9. The first kappa shape index (κ1) is 13.9. The second-order valence-corrected chi connectivity index (χ2v) is 5.47. The van der Waals surface area contributed by atoms with Gasteiger partial charge in [0, 0.05) is 19.5 Å². The molecule has 1 amide bonds. The van der Waals surface area contributed by atoms with E-state index in [1.165, 1.54) is 24.0 Å². The van der Waals surface area contributed by atoms with E-state index in [0.29, 0.717) is 6.42 Å². The number of hydrogen-bond acceptors (Lipinski definition) is 1. The quantitative estimate of drug-likeness (QED) is 0.760. The van der Waals surface area contributed by atoms with Crippen molar-refractivity contribution in [1.82, 2.24) is 4.90 Å². The molecule has 0 radical (unpaired) electrons. The van der Waals surface area contributed by atoms with Gasteiger partial charge < -0.3 is 4.90 Å². The van der Waals surface area contributed by atoms with E-state index in [-0.39, 0.29) is 5.91 Å². The van der Waals surface area contributed by atoms with Gasteiger partial charge >= 0.3 is 0 Å². The van der Waals surface area contributed by atoms with Gasteiger partial charge in [0.1, 0.15) is 0 Å². The zero-order valence-electron chi connectivity index (χ0n) is 11.9. The monoisotopic (exact) mass is 257 g/mol. The molecule has 0 unspecified atom stereocenters. The van der Waals surface area contributed by atoms with E-state index < -0.39 is 0 Å². The van der Waals surface area contributed by atoms with Crippen LogP contribution in [0.1, 0.15) is 38.7 Å². The van der Waals surface area contributed by atoms with E-state index in [0.717, 1.165) is 19.0 Å². The minimum absolute atomic E-state index is 0.271. The fourth-order valence-corrected chi connectivity index (χ4v) is 2.27. The van der Waals surface area contributed by atoms with Gasteiger partial charge in [0.2, 0.25) is 5.91 Å². The summed E-state index contributed by atoms with van der Waals surface area (Å²) in [7, 11) is 0. The van der Waals surface area contributed by atoms with E-state index in [1.807, 2.05) is 30.0 Å². The fourth-order valence-electron chi connectivity index (χ4n) is 2.27. The maximum atomic E-state index is 12.0. The summed E-state index contributed by atoms with van der Waals surface area (Å²) in [5.74, 6) is 1.02. The molecule has 0 N–H and O–H groups in total. The number of carbonyl (C=O) groups excluding carboxylic acids is 1. The zero-order chi connectivity index (χ0) is 13.7. The molecule has 0 spiro atoms. The van der Waals surface area contributed by atoms with E-state index in [4.69, 9.17) is 0 Å². The molecule has 1 fully saturated rings. The van der Waals surface area contributed by atoms with Gasteiger partial charge in [0.15, 0.2) is 0 Å². The molecule has 0 heterocycles. The molecule has 0 saturated heterocycles. The minimum Gasteiger partial charge on any atom is -0.338 e. The van der Waals surface area contributed by atoms with Crippen LogP contribution in [0.5, 0.6) is 0 Å². The lowest BCUT2D eigenvalue weighted by molar-refractivity contribution is -0.130. The smallest absolute Gasteiger partial charge is 0.222 e. The van der Waals surface area contributed by atoms with Crippen molar-refractivity contribution >= 4 is 12.0 Å². The Morgan fingerprint density at radius 1 is 1.32 bits per heavy atom. The molecule has 102 valence electrons. The molecule has 1 aromatic rings. The first-order chi connectivity index (χ1) is 9.19. The summed E-state index contributed by atoms with van der Waals surface area (Å²) in [5, 5.41) is 0. The molecule has 19 heavy (non-hydrogen) atoms. The third-order valence-corrected chi connectivity index (χ3v) is 3.48. The van der Waals surface area contributed by atoms with Crippen LogP contribution < -0.4 is 0 Å². The molecule has 2 nitrogen and oxygen atoms in total. The molecule has 0 atom stereocenters. The summed E-state index contributed by atoms with van der Waals surface area (Å²) in [6.07, 6.45) is 5.35. The van der Waals surface area contributed by atoms with Crippen LogP contribution in [0.3, 0.4) is 0 Å². The van der Waals surface area contributed by atoms with Crippen LogP contribution in [0.15, 0.2) is 35.9 Å². The molecular weight excluding hydrogens is 234 g/mol. The summed E-state index contributed by atoms with van der Waals surface area (Å²) in [6, 6.07) is 10.3. The number of amides is 1. The van der Waals surface area contributed by atoms with Crippen molar-refractivity contribution < 1.29 is 4.79 Å². The highest BCUT2D eigenvalue weighted by Gasteiger charge is 2.26. The molecule has 1 aliphatic rings. The van der Waals surface area contributed by atoms with Crippen LogP contribution in [0.4, 0.5) is 0 Å². The van der Waals surface area contributed by atoms with Crippen molar-refractivity contribution in [2.75, 3.05) is 13.1 Å². The third kappa shape index (κ3) is 4.55. The molecule has 2 rings (SSSR count). The highest BCUT2D eigenvalue weighted by Crippen LogP contribution is 2.30. The summed E-state index contributed by atoms with van der Waals surface area (Å²) < 4.78 is 0. The van der Waals surface area contributed by atoms with E-state index in [1.54, 1.807) is 0 Å². The normalized spacial score (nSPS) is 15.4. The average molecular weight is 257 g/mol. The molecular formula is C17H23NO. The van der Waals surface area contributed by atoms with Crippen LogP contribution in [-0.2, 0) is 4.79 Å². The summed E-state index contributed by atoms with van der Waals surface area (Å²) in [6.45, 7) is 5.75. The maximum absolute atomic E-state index is 12.0. The number of rotatable bonds is 6. The van der Waals surface area contributed by atoms with Crippen LogP contribution in [0.2, 0.25) is 0 Å². The van der Waals surface area contributed by atoms with Crippen LogP contribution in [-0.4, -0.2) is 23.9 Å². The standard InChI is InChI=1S/C17H23NO/c1-3-17(19)18(13-16-9-10-16)12-14(2)11-15-7-5-4-6-8-15/h4-8,11,16H,3,9-10,12-13H2,1-2H3/b14-11+. The van der Waals surface area contributed by atoms with E-state index >= 15 is 0 Å². The van der Waals surface area contributed by atoms with Crippen molar-refractivity contribution in [1.29, 1.82) is 0 Å². The van der Waals surface area contributed by atoms with E-state index in [2.05, 4.69) is 25.1 Å². The highest BCUT2D eigenvalue weighted by molar-refractivity contribution is 5.76. The van der Waals surface area contributed by atoms with Gasteiger partial charge in [-0.1, -0.05) is 48.9 Å². The Bertz CT molecular complexity index is 446. The van der Waals surface area contributed by atoms with Gasteiger partial charge in [0.25, 0.3) is 0 Å². The molecule has 0 aromatic heterocycles. The Balaban J connectivity index is 1.99. The van der Waals surface area contributed by atoms with E-state index in [9.17, 15) is 4.79 Å².